The van der Waals surface area contributed by atoms with E-state index in [-0.39, 0.29) is 17.2 Å². The number of nitrogens with one attached hydrogen (secondary N) is 2. The van der Waals surface area contributed by atoms with E-state index in [2.05, 4.69) is 10.6 Å². The van der Waals surface area contributed by atoms with Gasteiger partial charge in [-0.1, -0.05) is 30.3 Å². The highest BCUT2D eigenvalue weighted by atomic mass is 32.2. The molecule has 0 unspecified atom stereocenters. The Balaban J connectivity index is 1.47. The van der Waals surface area contributed by atoms with Crippen molar-refractivity contribution in [2.24, 2.45) is 0 Å². The maximum Gasteiger partial charge on any atom is 0.272 e. The molecule has 0 saturated heterocycles. The van der Waals surface area contributed by atoms with E-state index in [1.807, 2.05) is 19.1 Å². The Kier molecular flexibility index (Phi) is 11.0. The SMILES string of the molecule is CCOc1ccc(C(=O)CSc2ccc(NC(=O)/C(=C/c3cccc(OC)c3OC)NC(=O)c3ccccc3)cc2)cc1. The number of thioether (sulfide) groups is 1. The normalized spacial score (nSPS) is 10.9. The molecule has 0 aromatic heterocycles. The fraction of sp³-hybridized carbons (Fsp3) is 0.147. The molecule has 4 aromatic carbocycles. The van der Waals surface area contributed by atoms with Gasteiger partial charge >= 0.3 is 0 Å². The van der Waals surface area contributed by atoms with Crippen LogP contribution in [-0.4, -0.2) is 44.2 Å². The van der Waals surface area contributed by atoms with Gasteiger partial charge in [0.05, 0.1) is 26.6 Å². The molecule has 0 spiro atoms. The summed E-state index contributed by atoms with van der Waals surface area (Å²) in [4.78, 5) is 39.9. The predicted octanol–water partition coefficient (Wildman–Crippen LogP) is 6.49. The number of Topliss-reactive ketones (excluding diaryl/α,β-unsaturated/α-hetero) is 1. The maximum atomic E-state index is 13.4. The molecular formula is C34H32N2O6S. The Morgan fingerprint density at radius 2 is 1.51 bits per heavy atom. The number of amides is 2. The molecule has 0 aliphatic heterocycles. The van der Waals surface area contributed by atoms with E-state index in [0.29, 0.717) is 40.5 Å². The van der Waals surface area contributed by atoms with Crippen molar-refractivity contribution in [1.29, 1.82) is 0 Å². The fourth-order valence-corrected chi connectivity index (χ4v) is 4.89. The molecule has 4 aromatic rings. The van der Waals surface area contributed by atoms with E-state index in [9.17, 15) is 14.4 Å². The van der Waals surface area contributed by atoms with Crippen LogP contribution in [0, 0.1) is 0 Å². The first kappa shape index (κ1) is 30.9. The second kappa shape index (κ2) is 15.3. The molecule has 0 bridgehead atoms. The van der Waals surface area contributed by atoms with Gasteiger partial charge in [-0.05, 0) is 79.7 Å². The van der Waals surface area contributed by atoms with Crippen LogP contribution in [0.15, 0.2) is 108 Å². The lowest BCUT2D eigenvalue weighted by molar-refractivity contribution is -0.113. The van der Waals surface area contributed by atoms with Crippen molar-refractivity contribution < 1.29 is 28.6 Å². The van der Waals surface area contributed by atoms with Crippen LogP contribution in [0.5, 0.6) is 17.2 Å². The van der Waals surface area contributed by atoms with Gasteiger partial charge in [-0.15, -0.1) is 11.8 Å². The molecule has 0 radical (unpaired) electrons. The first-order chi connectivity index (χ1) is 20.9. The maximum absolute atomic E-state index is 13.4. The number of methoxy groups -OCH3 is 2. The lowest BCUT2D eigenvalue weighted by atomic mass is 10.1. The van der Waals surface area contributed by atoms with Crippen LogP contribution in [0.4, 0.5) is 5.69 Å². The molecule has 8 nitrogen and oxygen atoms in total. The van der Waals surface area contributed by atoms with Crippen LogP contribution in [0.25, 0.3) is 6.08 Å². The van der Waals surface area contributed by atoms with Crippen molar-refractivity contribution in [1.82, 2.24) is 5.32 Å². The monoisotopic (exact) mass is 596 g/mol. The van der Waals surface area contributed by atoms with E-state index >= 15 is 0 Å². The number of benzene rings is 4. The van der Waals surface area contributed by atoms with Gasteiger partial charge in [-0.3, -0.25) is 14.4 Å². The molecule has 9 heteroatoms. The summed E-state index contributed by atoms with van der Waals surface area (Å²) < 4.78 is 16.3. The first-order valence-corrected chi connectivity index (χ1v) is 14.5. The summed E-state index contributed by atoms with van der Waals surface area (Å²) in [7, 11) is 3.02. The predicted molar refractivity (Wildman–Crippen MR) is 169 cm³/mol. The highest BCUT2D eigenvalue weighted by molar-refractivity contribution is 8.00. The highest BCUT2D eigenvalue weighted by Gasteiger charge is 2.17. The average Bonchev–Trinajstić information content (AvgIpc) is 3.04. The van der Waals surface area contributed by atoms with E-state index in [0.717, 1.165) is 10.6 Å². The minimum Gasteiger partial charge on any atom is -0.494 e. The molecule has 43 heavy (non-hydrogen) atoms. The lowest BCUT2D eigenvalue weighted by Crippen LogP contribution is -2.30. The number of ether oxygens (including phenoxy) is 3. The van der Waals surface area contributed by atoms with Crippen LogP contribution in [0.2, 0.25) is 0 Å². The van der Waals surface area contributed by atoms with Gasteiger partial charge in [0.2, 0.25) is 0 Å². The van der Waals surface area contributed by atoms with Crippen LogP contribution in [0.1, 0.15) is 33.2 Å². The number of carbonyl (C=O) groups excluding carboxylic acids is 3. The third-order valence-corrected chi connectivity index (χ3v) is 7.24. The van der Waals surface area contributed by atoms with Gasteiger partial charge in [0.15, 0.2) is 17.3 Å². The van der Waals surface area contributed by atoms with Crippen molar-refractivity contribution in [2.75, 3.05) is 31.9 Å². The van der Waals surface area contributed by atoms with Crippen molar-refractivity contribution in [3.63, 3.8) is 0 Å². The minimum atomic E-state index is -0.528. The minimum absolute atomic E-state index is 0.00216. The van der Waals surface area contributed by atoms with Crippen LogP contribution >= 0.6 is 11.8 Å². The molecule has 220 valence electrons. The molecule has 4 rings (SSSR count). The highest BCUT2D eigenvalue weighted by Crippen LogP contribution is 2.32. The summed E-state index contributed by atoms with van der Waals surface area (Å²) in [6, 6.07) is 28.1. The quantitative estimate of drug-likeness (QED) is 0.103. The first-order valence-electron chi connectivity index (χ1n) is 13.5. The Hall–Kier alpha value is -5.02. The molecule has 0 aliphatic rings. The van der Waals surface area contributed by atoms with Gasteiger partial charge < -0.3 is 24.8 Å². The largest absolute Gasteiger partial charge is 0.494 e. The third kappa shape index (κ3) is 8.50. The number of rotatable bonds is 13. The van der Waals surface area contributed by atoms with E-state index in [1.165, 1.54) is 32.1 Å². The zero-order valence-electron chi connectivity index (χ0n) is 24.1. The fourth-order valence-electron chi connectivity index (χ4n) is 4.09. The van der Waals surface area contributed by atoms with Crippen molar-refractivity contribution in [3.8, 4) is 17.2 Å². The summed E-state index contributed by atoms with van der Waals surface area (Å²) in [6.45, 7) is 2.47. The Labute approximate surface area is 255 Å². The number of hydrogen-bond acceptors (Lipinski definition) is 7. The van der Waals surface area contributed by atoms with Gasteiger partial charge in [0, 0.05) is 27.3 Å². The summed E-state index contributed by atoms with van der Waals surface area (Å²) in [5.41, 5.74) is 2.10. The molecular weight excluding hydrogens is 564 g/mol. The molecule has 0 saturated carbocycles. The zero-order chi connectivity index (χ0) is 30.6. The second-order valence-corrected chi connectivity index (χ2v) is 10.2. The molecule has 2 amide bonds. The zero-order valence-corrected chi connectivity index (χ0v) is 24.9. The average molecular weight is 597 g/mol. The van der Waals surface area contributed by atoms with E-state index in [4.69, 9.17) is 14.2 Å². The van der Waals surface area contributed by atoms with Crippen LogP contribution < -0.4 is 24.8 Å². The molecule has 2 N–H and O–H groups in total. The summed E-state index contributed by atoms with van der Waals surface area (Å²) in [5.74, 6) is 0.936. The van der Waals surface area contributed by atoms with Crippen LogP contribution in [-0.2, 0) is 4.79 Å². The topological polar surface area (TPSA) is 103 Å². The second-order valence-electron chi connectivity index (χ2n) is 9.11. The summed E-state index contributed by atoms with van der Waals surface area (Å²) >= 11 is 1.40. The Bertz CT molecular complexity index is 1590. The van der Waals surface area contributed by atoms with Gasteiger partial charge in [0.1, 0.15) is 11.4 Å². The molecule has 0 heterocycles. The smallest absolute Gasteiger partial charge is 0.272 e. The summed E-state index contributed by atoms with van der Waals surface area (Å²) in [5, 5.41) is 5.56. The van der Waals surface area contributed by atoms with Gasteiger partial charge in [0.25, 0.3) is 11.8 Å². The number of hydrogen-bond donors (Lipinski definition) is 2. The van der Waals surface area contributed by atoms with Crippen molar-refractivity contribution in [2.45, 2.75) is 11.8 Å². The number of anilines is 1. The molecule has 0 aliphatic carbocycles. The summed E-state index contributed by atoms with van der Waals surface area (Å²) in [6.07, 6.45) is 1.54. The van der Waals surface area contributed by atoms with Gasteiger partial charge in [-0.25, -0.2) is 0 Å². The van der Waals surface area contributed by atoms with Crippen molar-refractivity contribution in [3.05, 3.63) is 119 Å². The standard InChI is InChI=1S/C34H32N2O6S/c1-4-42-27-17-13-23(14-18-27)30(37)22-43-28-19-15-26(16-20-28)35-34(39)29(36-33(38)24-9-6-5-7-10-24)21-25-11-8-12-31(40-2)32(25)41-3/h5-21H,4,22H2,1-3H3,(H,35,39)(H,36,38)/b29-21-. The number of para-hydroxylation sites is 1. The van der Waals surface area contributed by atoms with Gasteiger partial charge in [-0.2, -0.15) is 0 Å². The van der Waals surface area contributed by atoms with E-state index in [1.54, 1.807) is 84.9 Å². The molecule has 0 fully saturated rings. The number of ketones is 1. The Morgan fingerprint density at radius 1 is 0.791 bits per heavy atom. The number of carbonyl (C=O) groups is 3. The van der Waals surface area contributed by atoms with Crippen LogP contribution in [0.3, 0.4) is 0 Å². The van der Waals surface area contributed by atoms with Crippen molar-refractivity contribution >= 4 is 41.1 Å². The third-order valence-electron chi connectivity index (χ3n) is 6.23. The molecule has 0 atom stereocenters. The van der Waals surface area contributed by atoms with E-state index < -0.39 is 11.8 Å². The lowest BCUT2D eigenvalue weighted by Gasteiger charge is -2.14. The Morgan fingerprint density at radius 3 is 2.16 bits per heavy atom.